The Morgan fingerprint density at radius 1 is 1.10 bits per heavy atom. The largest absolute Gasteiger partial charge is 0.351 e. The van der Waals surface area contributed by atoms with E-state index < -0.39 is 22.6 Å². The van der Waals surface area contributed by atoms with Crippen LogP contribution in [0.1, 0.15) is 27.7 Å². The van der Waals surface area contributed by atoms with E-state index in [9.17, 15) is 13.0 Å². The zero-order valence-electron chi connectivity index (χ0n) is 12.6. The normalized spacial score (nSPS) is 24.9. The molecule has 0 spiro atoms. The third kappa shape index (κ3) is 3.61. The summed E-state index contributed by atoms with van der Waals surface area (Å²) < 4.78 is 49.8. The van der Waals surface area contributed by atoms with Gasteiger partial charge < -0.3 is 9.05 Å². The van der Waals surface area contributed by atoms with Gasteiger partial charge in [-0.2, -0.15) is 4.31 Å². The van der Waals surface area contributed by atoms with E-state index in [1.807, 2.05) is 11.8 Å². The van der Waals surface area contributed by atoms with Crippen molar-refractivity contribution in [3.8, 4) is 0 Å². The Balaban J connectivity index is 3.18. The Hall–Kier alpha value is 0.0200. The maximum absolute atomic E-state index is 12.8. The third-order valence-corrected chi connectivity index (χ3v) is 8.86. The lowest BCUT2D eigenvalue weighted by Gasteiger charge is -2.40. The van der Waals surface area contributed by atoms with Crippen LogP contribution in [0.2, 0.25) is 0 Å². The Kier molecular flexibility index (Phi) is 6.63. The zero-order valence-corrected chi connectivity index (χ0v) is 14.3. The monoisotopic (exact) mass is 328 g/mol. The molecule has 0 aromatic heterocycles. The fourth-order valence-electron chi connectivity index (χ4n) is 2.18. The molecule has 1 fully saturated rings. The molecule has 1 aliphatic heterocycles. The molecule has 0 aromatic rings. The van der Waals surface area contributed by atoms with Gasteiger partial charge in [-0.05, 0) is 20.4 Å². The highest BCUT2D eigenvalue weighted by Gasteiger charge is 2.51. The highest BCUT2D eigenvalue weighted by atomic mass is 32.2. The fraction of sp³-hybridized carbons (Fsp3) is 1.00. The van der Waals surface area contributed by atoms with E-state index in [4.69, 9.17) is 9.05 Å². The van der Waals surface area contributed by atoms with Gasteiger partial charge in [0.05, 0.1) is 19.9 Å². The molecular formula is C11H25N2O5PS. The summed E-state index contributed by atoms with van der Waals surface area (Å²) in [6.45, 7) is 8.88. The number of sulfonamides is 1. The fourth-order valence-corrected chi connectivity index (χ4v) is 7.24. The molecule has 0 radical (unpaired) electrons. The third-order valence-electron chi connectivity index (χ3n) is 3.25. The van der Waals surface area contributed by atoms with E-state index in [-0.39, 0.29) is 19.8 Å². The van der Waals surface area contributed by atoms with Crippen LogP contribution in [0, 0.1) is 0 Å². The predicted octanol–water partition coefficient (Wildman–Crippen LogP) is 1.52. The van der Waals surface area contributed by atoms with E-state index >= 15 is 0 Å². The molecule has 0 saturated carbocycles. The number of nitrogens with zero attached hydrogens (tertiary/aromatic N) is 2. The molecule has 0 N–H and O–H groups in total. The molecule has 20 heavy (non-hydrogen) atoms. The van der Waals surface area contributed by atoms with Gasteiger partial charge in [-0.25, -0.2) is 8.42 Å². The molecule has 1 saturated heterocycles. The topological polar surface area (TPSA) is 76.2 Å². The number of hydrogen-bond acceptors (Lipinski definition) is 6. The second-order valence-corrected chi connectivity index (χ2v) is 9.14. The van der Waals surface area contributed by atoms with E-state index in [1.165, 1.54) is 4.31 Å². The standard InChI is InChI=1S/C11H25N2O5PS/c1-5-12-9-11(19(14,17-7-3)18-8-4)20(15,16)13(6-2)10-12/h11H,5-10H2,1-4H3. The van der Waals surface area contributed by atoms with Crippen LogP contribution in [-0.2, 0) is 23.6 Å². The molecule has 1 unspecified atom stereocenters. The summed E-state index contributed by atoms with van der Waals surface area (Å²) in [5.41, 5.74) is 0. The van der Waals surface area contributed by atoms with Crippen molar-refractivity contribution in [3.63, 3.8) is 0 Å². The second kappa shape index (κ2) is 7.33. The van der Waals surface area contributed by atoms with Crippen LogP contribution in [0.4, 0.5) is 0 Å². The molecule has 1 aliphatic rings. The van der Waals surface area contributed by atoms with Crippen LogP contribution in [0.15, 0.2) is 0 Å². The van der Waals surface area contributed by atoms with Crippen molar-refractivity contribution in [1.82, 2.24) is 9.21 Å². The zero-order chi connectivity index (χ0) is 15.4. The van der Waals surface area contributed by atoms with Gasteiger partial charge in [0.25, 0.3) is 0 Å². The molecule has 9 heteroatoms. The second-order valence-electron chi connectivity index (χ2n) is 4.45. The first kappa shape index (κ1) is 18.1. The van der Waals surface area contributed by atoms with Crippen molar-refractivity contribution in [2.45, 2.75) is 32.7 Å². The van der Waals surface area contributed by atoms with Crippen LogP contribution in [-0.4, -0.2) is 62.1 Å². The quantitative estimate of drug-likeness (QED) is 0.660. The minimum Gasteiger partial charge on any atom is -0.308 e. The molecule has 1 atom stereocenters. The summed E-state index contributed by atoms with van der Waals surface area (Å²) >= 11 is 0. The van der Waals surface area contributed by atoms with Crippen molar-refractivity contribution in [3.05, 3.63) is 0 Å². The molecule has 0 aromatic carbocycles. The van der Waals surface area contributed by atoms with Crippen molar-refractivity contribution in [2.75, 3.05) is 39.5 Å². The van der Waals surface area contributed by atoms with Crippen molar-refractivity contribution >= 4 is 17.6 Å². The molecule has 0 bridgehead atoms. The highest BCUT2D eigenvalue weighted by Crippen LogP contribution is 2.56. The first-order valence-electron chi connectivity index (χ1n) is 6.95. The predicted molar refractivity (Wildman–Crippen MR) is 78.1 cm³/mol. The van der Waals surface area contributed by atoms with Crippen molar-refractivity contribution in [1.29, 1.82) is 0 Å². The Morgan fingerprint density at radius 3 is 2.05 bits per heavy atom. The lowest BCUT2D eigenvalue weighted by atomic mass is 10.5. The van der Waals surface area contributed by atoms with Gasteiger partial charge in [-0.15, -0.1) is 0 Å². The smallest absolute Gasteiger partial charge is 0.308 e. The SMILES string of the molecule is CCOP(=O)(OCC)C1CN(CC)CN(CC)S1(=O)=O. The van der Waals surface area contributed by atoms with Gasteiger partial charge >= 0.3 is 7.60 Å². The molecular weight excluding hydrogens is 303 g/mol. The summed E-state index contributed by atoms with van der Waals surface area (Å²) in [4.78, 5) is 0.781. The van der Waals surface area contributed by atoms with Gasteiger partial charge in [-0.1, -0.05) is 13.8 Å². The lowest BCUT2D eigenvalue weighted by molar-refractivity contribution is 0.169. The maximum Gasteiger partial charge on any atom is 0.351 e. The maximum atomic E-state index is 12.8. The van der Waals surface area contributed by atoms with Gasteiger partial charge in [0.1, 0.15) is 0 Å². The number of hydrogen-bond donors (Lipinski definition) is 0. The highest BCUT2D eigenvalue weighted by molar-refractivity contribution is 7.96. The summed E-state index contributed by atoms with van der Waals surface area (Å²) in [5.74, 6) is 0. The van der Waals surface area contributed by atoms with Crippen LogP contribution in [0.5, 0.6) is 0 Å². The van der Waals surface area contributed by atoms with Gasteiger partial charge in [0.15, 0.2) is 4.99 Å². The first-order valence-corrected chi connectivity index (χ1v) is 10.1. The molecule has 7 nitrogen and oxygen atoms in total. The molecule has 1 heterocycles. The van der Waals surface area contributed by atoms with E-state index in [0.717, 1.165) is 0 Å². The molecule has 0 amide bonds. The summed E-state index contributed by atoms with van der Waals surface area (Å²) in [7, 11) is -7.37. The van der Waals surface area contributed by atoms with E-state index in [1.54, 1.807) is 20.8 Å². The lowest BCUT2D eigenvalue weighted by Crippen LogP contribution is -2.55. The van der Waals surface area contributed by atoms with E-state index in [0.29, 0.717) is 19.8 Å². The average molecular weight is 328 g/mol. The summed E-state index contributed by atoms with van der Waals surface area (Å²) in [5, 5.41) is 0. The van der Waals surface area contributed by atoms with Crippen LogP contribution >= 0.6 is 7.60 Å². The van der Waals surface area contributed by atoms with Crippen LogP contribution in [0.25, 0.3) is 0 Å². The van der Waals surface area contributed by atoms with Gasteiger partial charge in [0.2, 0.25) is 10.0 Å². The Labute approximate surface area is 121 Å². The van der Waals surface area contributed by atoms with Gasteiger partial charge in [-0.3, -0.25) is 9.46 Å². The van der Waals surface area contributed by atoms with Crippen molar-refractivity contribution in [2.24, 2.45) is 0 Å². The molecule has 120 valence electrons. The van der Waals surface area contributed by atoms with Crippen LogP contribution in [0.3, 0.4) is 0 Å². The summed E-state index contributed by atoms with van der Waals surface area (Å²) in [6.07, 6.45) is 0. The molecule has 0 aliphatic carbocycles. The average Bonchev–Trinajstić information content (AvgIpc) is 2.38. The minimum atomic E-state index is -3.69. The minimum absolute atomic E-state index is 0.154. The van der Waals surface area contributed by atoms with Gasteiger partial charge in [0, 0.05) is 13.1 Å². The number of rotatable bonds is 7. The first-order chi connectivity index (χ1) is 9.35. The van der Waals surface area contributed by atoms with Crippen molar-refractivity contribution < 1.29 is 22.0 Å². The Bertz CT molecular complexity index is 446. The summed E-state index contributed by atoms with van der Waals surface area (Å²) in [6, 6.07) is 0. The molecule has 1 rings (SSSR count). The van der Waals surface area contributed by atoms with E-state index in [2.05, 4.69) is 0 Å². The van der Waals surface area contributed by atoms with Crippen LogP contribution < -0.4 is 0 Å². The Morgan fingerprint density at radius 2 is 1.65 bits per heavy atom.